The number of aromatic nitrogens is 2. The molecule has 4 rings (SSSR count). The highest BCUT2D eigenvalue weighted by molar-refractivity contribution is 6.16. The first-order valence-electron chi connectivity index (χ1n) is 8.12. The van der Waals surface area contributed by atoms with Crippen molar-refractivity contribution in [2.45, 2.75) is 0 Å². The molecule has 0 radical (unpaired) electrons. The maximum atomic E-state index is 14.2. The summed E-state index contributed by atoms with van der Waals surface area (Å²) in [6.45, 7) is 0. The Hall–Kier alpha value is -3.74. The summed E-state index contributed by atoms with van der Waals surface area (Å²) in [4.78, 5) is 19.9. The third-order valence-electron chi connectivity index (χ3n) is 4.19. The zero-order valence-electron chi connectivity index (χ0n) is 14.0. The number of hydrogen-bond donors (Lipinski definition) is 3. The number of nitrogens with one attached hydrogen (secondary N) is 2. The van der Waals surface area contributed by atoms with Crippen molar-refractivity contribution in [2.24, 2.45) is 0 Å². The molecule has 0 fully saturated rings. The zero-order chi connectivity index (χ0) is 19.0. The second kappa shape index (κ2) is 6.53. The van der Waals surface area contributed by atoms with Gasteiger partial charge >= 0.3 is 0 Å². The van der Waals surface area contributed by atoms with Gasteiger partial charge in [0.1, 0.15) is 11.5 Å². The largest absolute Gasteiger partial charge is 0.396 e. The summed E-state index contributed by atoms with van der Waals surface area (Å²) in [5.74, 6) is -2.84. The number of nitrogen functional groups attached to an aromatic ring is 1. The maximum Gasteiger partial charge on any atom is 0.201 e. The fourth-order valence-corrected chi connectivity index (χ4v) is 2.86. The molecule has 0 saturated carbocycles. The van der Waals surface area contributed by atoms with Crippen LogP contribution in [0.2, 0.25) is 0 Å². The minimum absolute atomic E-state index is 0.109. The van der Waals surface area contributed by atoms with Crippen LogP contribution in [-0.4, -0.2) is 15.8 Å². The monoisotopic (exact) mass is 364 g/mol. The fourth-order valence-electron chi connectivity index (χ4n) is 2.86. The molecule has 4 N–H and O–H groups in total. The molecule has 0 amide bonds. The van der Waals surface area contributed by atoms with Crippen LogP contribution >= 0.6 is 0 Å². The Kier molecular flexibility index (Phi) is 4.04. The van der Waals surface area contributed by atoms with E-state index in [-0.39, 0.29) is 11.3 Å². The van der Waals surface area contributed by atoms with E-state index in [0.717, 1.165) is 17.8 Å². The van der Waals surface area contributed by atoms with Crippen LogP contribution in [0.3, 0.4) is 0 Å². The molecule has 0 unspecified atom stereocenters. The smallest absolute Gasteiger partial charge is 0.201 e. The number of halogens is 2. The zero-order valence-corrected chi connectivity index (χ0v) is 14.0. The summed E-state index contributed by atoms with van der Waals surface area (Å²) in [5, 5.41) is 3.61. The molecule has 7 heteroatoms. The van der Waals surface area contributed by atoms with Crippen molar-refractivity contribution in [3.8, 4) is 0 Å². The minimum atomic E-state index is -1.07. The van der Waals surface area contributed by atoms with Gasteiger partial charge in [-0.25, -0.2) is 13.8 Å². The van der Waals surface area contributed by atoms with E-state index in [0.29, 0.717) is 16.7 Å². The van der Waals surface area contributed by atoms with Crippen molar-refractivity contribution < 1.29 is 13.6 Å². The first-order chi connectivity index (χ1) is 13.0. The molecule has 4 aromatic rings. The van der Waals surface area contributed by atoms with Crippen LogP contribution in [0.5, 0.6) is 0 Å². The number of pyridine rings is 1. The summed E-state index contributed by atoms with van der Waals surface area (Å²) in [5.41, 5.74) is 6.53. The van der Waals surface area contributed by atoms with Gasteiger partial charge in [-0.15, -0.1) is 0 Å². The van der Waals surface area contributed by atoms with Gasteiger partial charge < -0.3 is 16.0 Å². The lowest BCUT2D eigenvalue weighted by Crippen LogP contribution is -2.09. The third kappa shape index (κ3) is 2.99. The summed E-state index contributed by atoms with van der Waals surface area (Å²) in [6, 6.07) is 13.2. The van der Waals surface area contributed by atoms with Crippen LogP contribution in [0.1, 0.15) is 15.9 Å². The van der Waals surface area contributed by atoms with Crippen molar-refractivity contribution in [1.29, 1.82) is 0 Å². The van der Waals surface area contributed by atoms with E-state index >= 15 is 0 Å². The predicted molar refractivity (Wildman–Crippen MR) is 100 cm³/mol. The van der Waals surface area contributed by atoms with E-state index in [1.54, 1.807) is 12.3 Å². The van der Waals surface area contributed by atoms with E-state index in [2.05, 4.69) is 15.3 Å². The minimum Gasteiger partial charge on any atom is -0.396 e. The normalized spacial score (nSPS) is 10.9. The number of ketones is 1. The molecular weight excluding hydrogens is 350 g/mol. The molecule has 0 aliphatic heterocycles. The second-order valence-electron chi connectivity index (χ2n) is 5.97. The van der Waals surface area contributed by atoms with E-state index in [9.17, 15) is 13.6 Å². The quantitative estimate of drug-likeness (QED) is 0.370. The molecule has 0 atom stereocenters. The van der Waals surface area contributed by atoms with Gasteiger partial charge in [0.05, 0.1) is 23.1 Å². The molecule has 2 heterocycles. The van der Waals surface area contributed by atoms with Crippen molar-refractivity contribution in [1.82, 2.24) is 9.97 Å². The van der Waals surface area contributed by atoms with Crippen molar-refractivity contribution in [3.05, 3.63) is 83.7 Å². The fraction of sp³-hybridized carbons (Fsp3) is 0. The van der Waals surface area contributed by atoms with Gasteiger partial charge in [-0.2, -0.15) is 0 Å². The number of aromatic amines is 1. The Labute approximate surface area is 152 Å². The number of nitrogens with two attached hydrogens (primary N) is 1. The Balaban J connectivity index is 1.78. The van der Waals surface area contributed by atoms with E-state index < -0.39 is 23.0 Å². The molecule has 0 aliphatic carbocycles. The average Bonchev–Trinajstić information content (AvgIpc) is 3.09. The van der Waals surface area contributed by atoms with Gasteiger partial charge in [-0.1, -0.05) is 18.2 Å². The number of rotatable bonds is 4. The molecule has 0 bridgehead atoms. The van der Waals surface area contributed by atoms with Crippen LogP contribution < -0.4 is 11.1 Å². The van der Waals surface area contributed by atoms with Crippen LogP contribution in [0.4, 0.5) is 25.8 Å². The average molecular weight is 364 g/mol. The van der Waals surface area contributed by atoms with Crippen molar-refractivity contribution >= 4 is 33.9 Å². The standard InChI is InChI=1S/C20H14F2N4O/c21-15-6-7-16(23)18(22)17(15)19(27)14-10-25-20-13(14)8-12(9-24-20)26-11-4-2-1-3-5-11/h1-10,26H,23H2,(H,24,25). The number of anilines is 3. The van der Waals surface area contributed by atoms with Crippen LogP contribution in [0.15, 0.2) is 60.9 Å². The maximum absolute atomic E-state index is 14.2. The lowest BCUT2D eigenvalue weighted by molar-refractivity contribution is 0.103. The van der Waals surface area contributed by atoms with Crippen molar-refractivity contribution in [3.63, 3.8) is 0 Å². The number of fused-ring (bicyclic) bond motifs is 1. The van der Waals surface area contributed by atoms with Gasteiger partial charge in [-0.3, -0.25) is 4.79 Å². The van der Waals surface area contributed by atoms with Crippen LogP contribution in [0.25, 0.3) is 11.0 Å². The molecule has 0 aliphatic rings. The van der Waals surface area contributed by atoms with E-state index in [4.69, 9.17) is 5.73 Å². The highest BCUT2D eigenvalue weighted by Crippen LogP contribution is 2.27. The summed E-state index contributed by atoms with van der Waals surface area (Å²) in [6.07, 6.45) is 2.98. The Morgan fingerprint density at radius 1 is 1.07 bits per heavy atom. The summed E-state index contributed by atoms with van der Waals surface area (Å²) >= 11 is 0. The number of H-pyrrole nitrogens is 1. The number of hydrogen-bond acceptors (Lipinski definition) is 4. The first kappa shape index (κ1) is 16.7. The molecule has 0 saturated heterocycles. The van der Waals surface area contributed by atoms with E-state index in [1.165, 1.54) is 6.20 Å². The number of nitrogens with zero attached hydrogens (tertiary/aromatic N) is 1. The van der Waals surface area contributed by atoms with Gasteiger partial charge in [0.2, 0.25) is 5.78 Å². The first-order valence-corrected chi connectivity index (χ1v) is 8.12. The molecule has 134 valence electrons. The second-order valence-corrected chi connectivity index (χ2v) is 5.97. The predicted octanol–water partition coefficient (Wildman–Crippen LogP) is 4.40. The highest BCUT2D eigenvalue weighted by Gasteiger charge is 2.23. The molecule has 2 aromatic heterocycles. The number of benzene rings is 2. The molecule has 27 heavy (non-hydrogen) atoms. The Morgan fingerprint density at radius 2 is 1.85 bits per heavy atom. The lowest BCUT2D eigenvalue weighted by Gasteiger charge is -2.07. The lowest BCUT2D eigenvalue weighted by atomic mass is 10.0. The summed E-state index contributed by atoms with van der Waals surface area (Å²) in [7, 11) is 0. The van der Waals surface area contributed by atoms with Gasteiger partial charge in [-0.05, 0) is 30.3 Å². The molecule has 2 aromatic carbocycles. The van der Waals surface area contributed by atoms with Gasteiger partial charge in [0.15, 0.2) is 5.82 Å². The third-order valence-corrected chi connectivity index (χ3v) is 4.19. The topological polar surface area (TPSA) is 83.8 Å². The number of carbonyl (C=O) groups is 1. The van der Waals surface area contributed by atoms with Crippen molar-refractivity contribution in [2.75, 3.05) is 11.1 Å². The summed E-state index contributed by atoms with van der Waals surface area (Å²) < 4.78 is 28.3. The Bertz CT molecular complexity index is 1160. The Morgan fingerprint density at radius 3 is 2.63 bits per heavy atom. The SMILES string of the molecule is Nc1ccc(F)c(C(=O)c2c[nH]c3ncc(Nc4ccccc4)cc23)c1F. The molecular formula is C20H14F2N4O. The molecule has 5 nitrogen and oxygen atoms in total. The van der Waals surface area contributed by atoms with Gasteiger partial charge in [0, 0.05) is 22.8 Å². The number of para-hydroxylation sites is 1. The van der Waals surface area contributed by atoms with Crippen LogP contribution in [0, 0.1) is 11.6 Å². The number of carbonyl (C=O) groups excluding carboxylic acids is 1. The molecule has 0 spiro atoms. The van der Waals surface area contributed by atoms with E-state index in [1.807, 2.05) is 30.3 Å². The van der Waals surface area contributed by atoms with Crippen LogP contribution in [-0.2, 0) is 0 Å². The van der Waals surface area contributed by atoms with Gasteiger partial charge in [0.25, 0.3) is 0 Å². The highest BCUT2D eigenvalue weighted by atomic mass is 19.1.